The maximum atomic E-state index is 10.4. The lowest BCUT2D eigenvalue weighted by Gasteiger charge is -2.16. The van der Waals surface area contributed by atoms with Gasteiger partial charge in [-0.1, -0.05) is 55.5 Å². The Morgan fingerprint density at radius 3 is 2.54 bits per heavy atom. The Morgan fingerprint density at radius 2 is 1.82 bits per heavy atom. The number of hydrogen-bond donors (Lipinski definition) is 4. The predicted molar refractivity (Wildman–Crippen MR) is 109 cm³/mol. The molecular formula is C22H34O6. The Morgan fingerprint density at radius 1 is 1.11 bits per heavy atom. The summed E-state index contributed by atoms with van der Waals surface area (Å²) in [4.78, 5) is 10.4. The van der Waals surface area contributed by atoms with E-state index in [9.17, 15) is 20.1 Å². The summed E-state index contributed by atoms with van der Waals surface area (Å²) < 4.78 is 5.72. The molecule has 0 unspecified atom stereocenters. The molecule has 1 fully saturated rings. The number of aliphatic hydroxyl groups excluding tert-OH is 3. The molecule has 0 aromatic rings. The first kappa shape index (κ1) is 24.3. The second-order valence-electron chi connectivity index (χ2n) is 6.92. The third-order valence-corrected chi connectivity index (χ3v) is 4.42. The van der Waals surface area contributed by atoms with Crippen LogP contribution in [0, 0.1) is 0 Å². The molecule has 0 saturated carbocycles. The lowest BCUT2D eigenvalue weighted by atomic mass is 10.0. The molecule has 1 rings (SSSR count). The Hall–Kier alpha value is -1.73. The van der Waals surface area contributed by atoms with E-state index in [1.807, 2.05) is 12.2 Å². The molecule has 6 heteroatoms. The third-order valence-electron chi connectivity index (χ3n) is 4.42. The minimum Gasteiger partial charge on any atom is -0.481 e. The normalized spacial score (nSPS) is 25.5. The molecular weight excluding hydrogens is 360 g/mol. The molecule has 0 bridgehead atoms. The van der Waals surface area contributed by atoms with E-state index < -0.39 is 36.5 Å². The van der Waals surface area contributed by atoms with Gasteiger partial charge in [-0.15, -0.1) is 0 Å². The van der Waals surface area contributed by atoms with Crippen molar-refractivity contribution in [2.45, 2.75) is 82.4 Å². The molecule has 0 aliphatic carbocycles. The van der Waals surface area contributed by atoms with E-state index in [0.29, 0.717) is 25.7 Å². The fourth-order valence-corrected chi connectivity index (χ4v) is 2.84. The van der Waals surface area contributed by atoms with Gasteiger partial charge in [-0.25, -0.2) is 0 Å². The number of aliphatic carboxylic acids is 1. The second-order valence-corrected chi connectivity index (χ2v) is 6.92. The molecule has 1 saturated heterocycles. The molecule has 1 aliphatic rings. The molecule has 5 atom stereocenters. The van der Waals surface area contributed by atoms with Crippen molar-refractivity contribution in [2.24, 2.45) is 0 Å². The topological polar surface area (TPSA) is 107 Å². The van der Waals surface area contributed by atoms with E-state index in [1.165, 1.54) is 0 Å². The van der Waals surface area contributed by atoms with Crippen LogP contribution in [0.5, 0.6) is 0 Å². The van der Waals surface area contributed by atoms with Crippen LogP contribution in [0.2, 0.25) is 0 Å². The summed E-state index contributed by atoms with van der Waals surface area (Å²) in [5, 5.41) is 38.8. The van der Waals surface area contributed by atoms with Crippen LogP contribution < -0.4 is 0 Å². The lowest BCUT2D eigenvalue weighted by molar-refractivity contribution is -0.136. The summed E-state index contributed by atoms with van der Waals surface area (Å²) in [5.41, 5.74) is 0. The Bertz CT molecular complexity index is 551. The predicted octanol–water partition coefficient (Wildman–Crippen LogP) is 2.90. The molecule has 0 aromatic heterocycles. The van der Waals surface area contributed by atoms with Gasteiger partial charge >= 0.3 is 5.97 Å². The minimum absolute atomic E-state index is 0.0683. The van der Waals surface area contributed by atoms with E-state index in [-0.39, 0.29) is 6.42 Å². The van der Waals surface area contributed by atoms with Crippen LogP contribution in [0.3, 0.4) is 0 Å². The Balaban J connectivity index is 2.34. The first-order valence-electron chi connectivity index (χ1n) is 9.98. The molecule has 4 N–H and O–H groups in total. The second kappa shape index (κ2) is 14.3. The molecule has 28 heavy (non-hydrogen) atoms. The number of carboxylic acids is 1. The maximum Gasteiger partial charge on any atom is 0.303 e. The summed E-state index contributed by atoms with van der Waals surface area (Å²) in [6.45, 7) is 2.08. The fraction of sp³-hybridized carbons (Fsp3) is 0.591. The molecule has 0 amide bonds. The number of aliphatic hydroxyl groups is 3. The first-order valence-corrected chi connectivity index (χ1v) is 9.98. The van der Waals surface area contributed by atoms with Crippen molar-refractivity contribution in [3.63, 3.8) is 0 Å². The molecule has 0 radical (unpaired) electrons. The average molecular weight is 395 g/mol. The van der Waals surface area contributed by atoms with E-state index in [2.05, 4.69) is 19.1 Å². The van der Waals surface area contributed by atoms with Crippen molar-refractivity contribution in [1.29, 1.82) is 0 Å². The summed E-state index contributed by atoms with van der Waals surface area (Å²) in [5.74, 6) is -0.849. The van der Waals surface area contributed by atoms with Crippen molar-refractivity contribution in [3.8, 4) is 0 Å². The summed E-state index contributed by atoms with van der Waals surface area (Å²) in [6.07, 6.45) is 15.1. The van der Waals surface area contributed by atoms with E-state index in [1.54, 1.807) is 24.3 Å². The number of carbonyl (C=O) groups is 1. The van der Waals surface area contributed by atoms with E-state index in [4.69, 9.17) is 9.84 Å². The molecule has 0 spiro atoms. The smallest absolute Gasteiger partial charge is 0.303 e. The van der Waals surface area contributed by atoms with Crippen LogP contribution in [-0.2, 0) is 9.53 Å². The highest BCUT2D eigenvalue weighted by Gasteiger charge is 2.35. The Kier molecular flexibility index (Phi) is 12.4. The van der Waals surface area contributed by atoms with Crippen molar-refractivity contribution in [2.75, 3.05) is 0 Å². The summed E-state index contributed by atoms with van der Waals surface area (Å²) >= 11 is 0. The number of allylic oxidation sites excluding steroid dienone is 4. The molecule has 1 aliphatic heterocycles. The fourth-order valence-electron chi connectivity index (χ4n) is 2.84. The number of rotatable bonds is 13. The zero-order valence-corrected chi connectivity index (χ0v) is 16.6. The highest BCUT2D eigenvalue weighted by Crippen LogP contribution is 2.25. The third kappa shape index (κ3) is 10.6. The van der Waals surface area contributed by atoms with Crippen LogP contribution in [0.15, 0.2) is 48.6 Å². The average Bonchev–Trinajstić information content (AvgIpc) is 3.03. The maximum absolute atomic E-state index is 10.4. The molecule has 0 aromatic carbocycles. The summed E-state index contributed by atoms with van der Waals surface area (Å²) in [7, 11) is 0. The van der Waals surface area contributed by atoms with Crippen LogP contribution in [0.25, 0.3) is 0 Å². The van der Waals surface area contributed by atoms with Gasteiger partial charge in [0.15, 0.2) is 0 Å². The van der Waals surface area contributed by atoms with Crippen LogP contribution in [0.1, 0.15) is 51.9 Å². The van der Waals surface area contributed by atoms with Gasteiger partial charge in [-0.05, 0) is 32.1 Å². The monoisotopic (exact) mass is 394 g/mol. The zero-order valence-electron chi connectivity index (χ0n) is 16.6. The molecule has 158 valence electrons. The van der Waals surface area contributed by atoms with E-state index >= 15 is 0 Å². The van der Waals surface area contributed by atoms with Gasteiger partial charge in [0.25, 0.3) is 0 Å². The van der Waals surface area contributed by atoms with Gasteiger partial charge in [0.2, 0.25) is 0 Å². The number of carboxylic acid groups (broad SMARTS) is 1. The lowest BCUT2D eigenvalue weighted by Crippen LogP contribution is -2.25. The summed E-state index contributed by atoms with van der Waals surface area (Å²) in [6, 6.07) is 0. The van der Waals surface area contributed by atoms with Gasteiger partial charge < -0.3 is 25.2 Å². The van der Waals surface area contributed by atoms with Crippen molar-refractivity contribution >= 4 is 5.97 Å². The highest BCUT2D eigenvalue weighted by atomic mass is 16.5. The SMILES string of the molecule is CC/C=C\C/C=C\C[C@H](O)[C@@H]1C[C@@H](O)[C@@H](/C=C/[C@H](O)C/C=C\CCC(=O)O)O1. The van der Waals surface area contributed by atoms with Gasteiger partial charge in [0.1, 0.15) is 6.10 Å². The first-order chi connectivity index (χ1) is 13.4. The molecule has 6 nitrogen and oxygen atoms in total. The van der Waals surface area contributed by atoms with Crippen molar-refractivity contribution in [1.82, 2.24) is 0 Å². The van der Waals surface area contributed by atoms with Crippen LogP contribution >= 0.6 is 0 Å². The van der Waals surface area contributed by atoms with Crippen molar-refractivity contribution < 1.29 is 30.0 Å². The van der Waals surface area contributed by atoms with Gasteiger partial charge in [0.05, 0.1) is 24.4 Å². The standard InChI is InChI=1S/C22H34O6/c1-2-3-4-5-6-9-12-18(24)21-16-19(25)20(28-21)15-14-17(23)11-8-7-10-13-22(26)27/h3-4,6-9,14-15,17-21,23-25H,2,5,10-13,16H2,1H3,(H,26,27)/b4-3-,8-7-,9-6-,15-14+/t17-,18+,19-,20-,21+/m1/s1. The van der Waals surface area contributed by atoms with Crippen LogP contribution in [-0.4, -0.2) is 56.9 Å². The van der Waals surface area contributed by atoms with E-state index in [0.717, 1.165) is 12.8 Å². The molecule has 1 heterocycles. The number of hydrogen-bond acceptors (Lipinski definition) is 5. The quantitative estimate of drug-likeness (QED) is 0.358. The largest absolute Gasteiger partial charge is 0.481 e. The van der Waals surface area contributed by atoms with Crippen molar-refractivity contribution in [3.05, 3.63) is 48.6 Å². The van der Waals surface area contributed by atoms with Gasteiger partial charge in [-0.2, -0.15) is 0 Å². The minimum atomic E-state index is -0.849. The van der Waals surface area contributed by atoms with Gasteiger partial charge in [0, 0.05) is 12.8 Å². The van der Waals surface area contributed by atoms with Gasteiger partial charge in [-0.3, -0.25) is 4.79 Å². The van der Waals surface area contributed by atoms with Crippen LogP contribution in [0.4, 0.5) is 0 Å². The Labute approximate surface area is 167 Å². The zero-order chi connectivity index (χ0) is 20.8. The number of ether oxygens (including phenoxy) is 1. The highest BCUT2D eigenvalue weighted by molar-refractivity contribution is 5.66.